The minimum absolute atomic E-state index is 0.138. The molecular weight excluding hydrogens is 294 g/mol. The topological polar surface area (TPSA) is 77.2 Å². The first kappa shape index (κ1) is 15.3. The number of rotatable bonds is 6. The molecule has 0 aliphatic carbocycles. The zero-order chi connectivity index (χ0) is 16.1. The fourth-order valence-corrected chi connectivity index (χ4v) is 2.31. The highest BCUT2D eigenvalue weighted by atomic mass is 16.5. The second-order valence-electron chi connectivity index (χ2n) is 5.25. The lowest BCUT2D eigenvalue weighted by atomic mass is 10.2. The van der Waals surface area contributed by atoms with Crippen molar-refractivity contribution in [2.45, 2.75) is 19.3 Å². The lowest BCUT2D eigenvalue weighted by molar-refractivity contribution is 0.0198. The van der Waals surface area contributed by atoms with Crippen LogP contribution >= 0.6 is 0 Å². The Kier molecular flexibility index (Phi) is 4.75. The van der Waals surface area contributed by atoms with Crippen molar-refractivity contribution < 1.29 is 9.84 Å². The van der Waals surface area contributed by atoms with E-state index in [1.807, 2.05) is 30.3 Å². The molecular formula is C17H17N3O3. The van der Waals surface area contributed by atoms with Crippen molar-refractivity contribution >= 4 is 10.9 Å². The van der Waals surface area contributed by atoms with Gasteiger partial charge in [-0.15, -0.1) is 0 Å². The average Bonchev–Trinajstić information content (AvgIpc) is 2.59. The number of aromatic nitrogens is 3. The van der Waals surface area contributed by atoms with E-state index in [-0.39, 0.29) is 18.7 Å². The van der Waals surface area contributed by atoms with Gasteiger partial charge >= 0.3 is 0 Å². The van der Waals surface area contributed by atoms with Gasteiger partial charge < -0.3 is 9.84 Å². The highest BCUT2D eigenvalue weighted by Gasteiger charge is 2.09. The van der Waals surface area contributed by atoms with Crippen LogP contribution in [0.15, 0.2) is 59.9 Å². The first-order valence-electron chi connectivity index (χ1n) is 7.33. The van der Waals surface area contributed by atoms with Gasteiger partial charge in [0, 0.05) is 6.20 Å². The predicted octanol–water partition coefficient (Wildman–Crippen LogP) is 1.37. The molecule has 6 nitrogen and oxygen atoms in total. The second kappa shape index (κ2) is 7.13. The van der Waals surface area contributed by atoms with E-state index in [1.165, 1.54) is 10.9 Å². The maximum Gasteiger partial charge on any atom is 0.261 e. The van der Waals surface area contributed by atoms with Gasteiger partial charge in [0.1, 0.15) is 0 Å². The number of aliphatic hydroxyl groups excluding tert-OH is 1. The van der Waals surface area contributed by atoms with Gasteiger partial charge in [-0.05, 0) is 11.6 Å². The molecule has 0 aliphatic heterocycles. The second-order valence-corrected chi connectivity index (χ2v) is 5.25. The largest absolute Gasteiger partial charge is 0.389 e. The zero-order valence-electron chi connectivity index (χ0n) is 12.5. The molecule has 23 heavy (non-hydrogen) atoms. The van der Waals surface area contributed by atoms with Crippen molar-refractivity contribution in [1.29, 1.82) is 0 Å². The molecule has 6 heteroatoms. The monoisotopic (exact) mass is 311 g/mol. The maximum atomic E-state index is 12.3. The molecule has 0 amide bonds. The van der Waals surface area contributed by atoms with Gasteiger partial charge in [-0.25, -0.2) is 4.98 Å². The molecule has 0 aliphatic rings. The van der Waals surface area contributed by atoms with Crippen molar-refractivity contribution in [3.63, 3.8) is 0 Å². The molecule has 0 spiro atoms. The quantitative estimate of drug-likeness (QED) is 0.744. The number of pyridine rings is 1. The van der Waals surface area contributed by atoms with E-state index >= 15 is 0 Å². The van der Waals surface area contributed by atoms with Crippen LogP contribution in [-0.4, -0.2) is 32.4 Å². The maximum absolute atomic E-state index is 12.3. The predicted molar refractivity (Wildman–Crippen MR) is 85.9 cm³/mol. The summed E-state index contributed by atoms with van der Waals surface area (Å²) < 4.78 is 6.87. The SMILES string of the molecule is O=c1c2ccncc2ncn1CC(O)COCc1ccccc1. The molecule has 118 valence electrons. The lowest BCUT2D eigenvalue weighted by Crippen LogP contribution is -2.29. The molecule has 1 unspecified atom stereocenters. The lowest BCUT2D eigenvalue weighted by Gasteiger charge is -2.13. The first-order valence-corrected chi connectivity index (χ1v) is 7.33. The van der Waals surface area contributed by atoms with Crippen LogP contribution in [0.2, 0.25) is 0 Å². The summed E-state index contributed by atoms with van der Waals surface area (Å²) >= 11 is 0. The van der Waals surface area contributed by atoms with Gasteiger partial charge in [0.05, 0.1) is 49.3 Å². The molecule has 3 aromatic rings. The van der Waals surface area contributed by atoms with Gasteiger partial charge in [0.2, 0.25) is 0 Å². The van der Waals surface area contributed by atoms with Crippen LogP contribution in [0.3, 0.4) is 0 Å². The Labute approximate surface area is 133 Å². The van der Waals surface area contributed by atoms with E-state index < -0.39 is 6.10 Å². The van der Waals surface area contributed by atoms with Crippen LogP contribution < -0.4 is 5.56 Å². The molecule has 0 saturated carbocycles. The summed E-state index contributed by atoms with van der Waals surface area (Å²) in [6.07, 6.45) is 3.74. The first-order chi connectivity index (χ1) is 11.2. The number of nitrogens with zero attached hydrogens (tertiary/aromatic N) is 3. The van der Waals surface area contributed by atoms with E-state index in [2.05, 4.69) is 9.97 Å². The number of ether oxygens (including phenoxy) is 1. The molecule has 3 rings (SSSR count). The third-order valence-electron chi connectivity index (χ3n) is 3.46. The summed E-state index contributed by atoms with van der Waals surface area (Å²) in [5, 5.41) is 10.5. The van der Waals surface area contributed by atoms with Gasteiger partial charge in [-0.2, -0.15) is 0 Å². The molecule has 0 fully saturated rings. The number of hydrogen-bond donors (Lipinski definition) is 1. The Hall–Kier alpha value is -2.57. The van der Waals surface area contributed by atoms with Crippen molar-refractivity contribution in [3.8, 4) is 0 Å². The zero-order valence-corrected chi connectivity index (χ0v) is 12.5. The molecule has 1 N–H and O–H groups in total. The fourth-order valence-electron chi connectivity index (χ4n) is 2.31. The molecule has 2 aromatic heterocycles. The molecule has 0 bridgehead atoms. The van der Waals surface area contributed by atoms with Gasteiger partial charge in [0.25, 0.3) is 5.56 Å². The number of aliphatic hydroxyl groups is 1. The van der Waals surface area contributed by atoms with Crippen LogP contribution in [0.1, 0.15) is 5.56 Å². The van der Waals surface area contributed by atoms with E-state index in [0.29, 0.717) is 17.5 Å². The summed E-state index contributed by atoms with van der Waals surface area (Å²) in [6, 6.07) is 11.3. The van der Waals surface area contributed by atoms with Gasteiger partial charge in [-0.1, -0.05) is 30.3 Å². The molecule has 2 heterocycles. The average molecular weight is 311 g/mol. The van der Waals surface area contributed by atoms with Gasteiger partial charge in [0.15, 0.2) is 0 Å². The van der Waals surface area contributed by atoms with E-state index in [0.717, 1.165) is 5.56 Å². The minimum Gasteiger partial charge on any atom is -0.389 e. The molecule has 1 atom stereocenters. The fraction of sp³-hybridized carbons (Fsp3) is 0.235. The molecule has 0 saturated heterocycles. The number of fused-ring (bicyclic) bond motifs is 1. The Morgan fingerprint density at radius 2 is 2.04 bits per heavy atom. The summed E-state index contributed by atoms with van der Waals surface area (Å²) in [7, 11) is 0. The third kappa shape index (κ3) is 3.80. The Morgan fingerprint density at radius 1 is 1.22 bits per heavy atom. The molecule has 1 aromatic carbocycles. The number of benzene rings is 1. The van der Waals surface area contributed by atoms with Gasteiger partial charge in [-0.3, -0.25) is 14.3 Å². The van der Waals surface area contributed by atoms with E-state index in [1.54, 1.807) is 18.5 Å². The van der Waals surface area contributed by atoms with Crippen LogP contribution in [0.25, 0.3) is 10.9 Å². The summed E-state index contributed by atoms with van der Waals surface area (Å²) in [5.74, 6) is 0. The highest BCUT2D eigenvalue weighted by molar-refractivity contribution is 5.75. The smallest absolute Gasteiger partial charge is 0.261 e. The standard InChI is InChI=1S/C17H17N3O3/c21-14(11-23-10-13-4-2-1-3-5-13)9-20-12-19-16-8-18-7-6-15(16)17(20)22/h1-8,12,14,21H,9-11H2. The summed E-state index contributed by atoms with van der Waals surface area (Å²) in [6.45, 7) is 0.711. The Morgan fingerprint density at radius 3 is 2.87 bits per heavy atom. The minimum atomic E-state index is -0.780. The van der Waals surface area contributed by atoms with Crippen LogP contribution in [0, 0.1) is 0 Å². The van der Waals surface area contributed by atoms with Crippen LogP contribution in [0.5, 0.6) is 0 Å². The van der Waals surface area contributed by atoms with Crippen LogP contribution in [-0.2, 0) is 17.9 Å². The normalized spacial score (nSPS) is 12.4. The Bertz CT molecular complexity index is 833. The van der Waals surface area contributed by atoms with Crippen LogP contribution in [0.4, 0.5) is 0 Å². The third-order valence-corrected chi connectivity index (χ3v) is 3.46. The summed E-state index contributed by atoms with van der Waals surface area (Å²) in [4.78, 5) is 20.4. The van der Waals surface area contributed by atoms with Crippen molar-refractivity contribution in [2.24, 2.45) is 0 Å². The van der Waals surface area contributed by atoms with E-state index in [4.69, 9.17) is 4.74 Å². The Balaban J connectivity index is 1.60. The van der Waals surface area contributed by atoms with Crippen molar-refractivity contribution in [1.82, 2.24) is 14.5 Å². The molecule has 0 radical (unpaired) electrons. The van der Waals surface area contributed by atoms with E-state index in [9.17, 15) is 9.90 Å². The highest BCUT2D eigenvalue weighted by Crippen LogP contribution is 2.04. The number of hydrogen-bond acceptors (Lipinski definition) is 5. The van der Waals surface area contributed by atoms with Crippen molar-refractivity contribution in [2.75, 3.05) is 6.61 Å². The van der Waals surface area contributed by atoms with Crippen molar-refractivity contribution in [3.05, 3.63) is 71.0 Å². The summed E-state index contributed by atoms with van der Waals surface area (Å²) in [5.41, 5.74) is 1.39.